The zero-order valence-electron chi connectivity index (χ0n) is 12.5. The van der Waals surface area contributed by atoms with Gasteiger partial charge in [-0.2, -0.15) is 0 Å². The molecule has 1 aliphatic rings. The summed E-state index contributed by atoms with van der Waals surface area (Å²) in [5, 5.41) is 0. The van der Waals surface area contributed by atoms with Crippen molar-refractivity contribution in [3.63, 3.8) is 0 Å². The minimum atomic E-state index is -0.509. The van der Waals surface area contributed by atoms with E-state index in [-0.39, 0.29) is 0 Å². The largest absolute Gasteiger partial charge is 0.485 e. The van der Waals surface area contributed by atoms with Crippen LogP contribution in [0.1, 0.15) is 12.0 Å². The number of hydrogen-bond acceptors (Lipinski definition) is 3. The number of ether oxygens (including phenoxy) is 3. The lowest BCUT2D eigenvalue weighted by molar-refractivity contribution is -0.0725. The van der Waals surface area contributed by atoms with Crippen LogP contribution < -0.4 is 9.47 Å². The van der Waals surface area contributed by atoms with Crippen molar-refractivity contribution in [2.75, 3.05) is 13.2 Å². The van der Waals surface area contributed by atoms with Crippen LogP contribution in [0.4, 0.5) is 0 Å². The van der Waals surface area contributed by atoms with Crippen LogP contribution in [0, 0.1) is 0 Å². The predicted octanol–water partition coefficient (Wildman–Crippen LogP) is 3.99. The van der Waals surface area contributed by atoms with E-state index in [1.165, 1.54) is 0 Å². The fraction of sp³-hybridized carbons (Fsp3) is 0.263. The average Bonchev–Trinajstić information content (AvgIpc) is 2.56. The third-order valence-electron chi connectivity index (χ3n) is 3.66. The first-order valence-corrected chi connectivity index (χ1v) is 7.45. The van der Waals surface area contributed by atoms with Crippen LogP contribution in [-0.2, 0) is 11.3 Å². The van der Waals surface area contributed by atoms with Crippen LogP contribution >= 0.6 is 0 Å². The van der Waals surface area contributed by atoms with Gasteiger partial charge in [-0.1, -0.05) is 48.5 Å². The smallest absolute Gasteiger partial charge is 0.169 e. The predicted molar refractivity (Wildman–Crippen MR) is 86.2 cm³/mol. The van der Waals surface area contributed by atoms with Crippen molar-refractivity contribution >= 4 is 0 Å². The van der Waals surface area contributed by atoms with Gasteiger partial charge in [0, 0.05) is 6.42 Å². The zero-order chi connectivity index (χ0) is 15.3. The first-order chi connectivity index (χ1) is 10.8. The van der Waals surface area contributed by atoms with E-state index in [0.29, 0.717) is 26.2 Å². The van der Waals surface area contributed by atoms with Crippen LogP contribution in [0.25, 0.3) is 0 Å². The quantitative estimate of drug-likeness (QED) is 0.754. The molecule has 114 valence electrons. The Bertz CT molecular complexity index is 624. The molecule has 3 heteroatoms. The van der Waals surface area contributed by atoms with Crippen molar-refractivity contribution in [2.45, 2.75) is 18.6 Å². The second-order valence-corrected chi connectivity index (χ2v) is 5.49. The van der Waals surface area contributed by atoms with Crippen LogP contribution in [-0.4, -0.2) is 18.8 Å². The van der Waals surface area contributed by atoms with Crippen LogP contribution in [0.5, 0.6) is 11.5 Å². The van der Waals surface area contributed by atoms with Crippen LogP contribution in [0.3, 0.4) is 0 Å². The van der Waals surface area contributed by atoms with Crippen molar-refractivity contribution in [1.29, 1.82) is 0 Å². The highest BCUT2D eigenvalue weighted by Gasteiger charge is 2.37. The molecule has 0 saturated carbocycles. The van der Waals surface area contributed by atoms with Gasteiger partial charge in [0.2, 0.25) is 0 Å². The fourth-order valence-corrected chi connectivity index (χ4v) is 2.55. The van der Waals surface area contributed by atoms with E-state index in [4.69, 9.17) is 14.2 Å². The summed E-state index contributed by atoms with van der Waals surface area (Å²) in [6.45, 7) is 5.31. The minimum Gasteiger partial charge on any atom is -0.485 e. The fourth-order valence-electron chi connectivity index (χ4n) is 2.55. The van der Waals surface area contributed by atoms with Gasteiger partial charge in [-0.3, -0.25) is 0 Å². The van der Waals surface area contributed by atoms with Crippen LogP contribution in [0.2, 0.25) is 0 Å². The lowest BCUT2D eigenvalue weighted by Gasteiger charge is -2.37. The number of benzene rings is 2. The molecule has 0 fully saturated rings. The molecule has 2 aromatic rings. The molecule has 3 rings (SSSR count). The van der Waals surface area contributed by atoms with Gasteiger partial charge in [-0.25, -0.2) is 0 Å². The summed E-state index contributed by atoms with van der Waals surface area (Å²) in [5.74, 6) is 1.55. The molecule has 3 nitrogen and oxygen atoms in total. The second kappa shape index (κ2) is 6.67. The molecule has 1 unspecified atom stereocenters. The molecule has 22 heavy (non-hydrogen) atoms. The summed E-state index contributed by atoms with van der Waals surface area (Å²) < 4.78 is 17.9. The van der Waals surface area contributed by atoms with Crippen molar-refractivity contribution in [2.24, 2.45) is 0 Å². The highest BCUT2D eigenvalue weighted by atomic mass is 16.6. The van der Waals surface area contributed by atoms with Crippen molar-refractivity contribution in [1.82, 2.24) is 0 Å². The Kier molecular flexibility index (Phi) is 4.45. The average molecular weight is 296 g/mol. The summed E-state index contributed by atoms with van der Waals surface area (Å²) >= 11 is 0. The molecule has 1 heterocycles. The SMILES string of the molecule is C=CCC1(COCc2ccccc2)COc2ccccc2O1. The molecular weight excluding hydrogens is 276 g/mol. The van der Waals surface area contributed by atoms with Gasteiger partial charge in [0.15, 0.2) is 17.1 Å². The molecule has 2 aromatic carbocycles. The van der Waals surface area contributed by atoms with E-state index in [1.54, 1.807) is 0 Å². The normalized spacial score (nSPS) is 19.6. The van der Waals surface area contributed by atoms with Crippen LogP contribution in [0.15, 0.2) is 67.3 Å². The number of rotatable bonds is 6. The Hall–Kier alpha value is -2.26. The first-order valence-electron chi connectivity index (χ1n) is 7.45. The third-order valence-corrected chi connectivity index (χ3v) is 3.66. The second-order valence-electron chi connectivity index (χ2n) is 5.49. The molecule has 1 atom stereocenters. The van der Waals surface area contributed by atoms with Gasteiger partial charge in [-0.05, 0) is 17.7 Å². The van der Waals surface area contributed by atoms with Gasteiger partial charge >= 0.3 is 0 Å². The molecule has 0 aliphatic carbocycles. The lowest BCUT2D eigenvalue weighted by atomic mass is 10.0. The molecule has 0 amide bonds. The maximum Gasteiger partial charge on any atom is 0.169 e. The topological polar surface area (TPSA) is 27.7 Å². The van der Waals surface area contributed by atoms with E-state index < -0.39 is 5.60 Å². The van der Waals surface area contributed by atoms with Gasteiger partial charge < -0.3 is 14.2 Å². The highest BCUT2D eigenvalue weighted by molar-refractivity contribution is 5.41. The third kappa shape index (κ3) is 3.31. The Labute approximate surface area is 131 Å². The molecular formula is C19H20O3. The maximum absolute atomic E-state index is 6.18. The zero-order valence-corrected chi connectivity index (χ0v) is 12.5. The molecule has 0 bridgehead atoms. The first kappa shape index (κ1) is 14.7. The molecule has 0 N–H and O–H groups in total. The van der Waals surface area contributed by atoms with Crippen molar-refractivity contribution < 1.29 is 14.2 Å². The molecule has 1 aliphatic heterocycles. The minimum absolute atomic E-state index is 0.461. The highest BCUT2D eigenvalue weighted by Crippen LogP contribution is 2.36. The number of fused-ring (bicyclic) bond motifs is 1. The summed E-state index contributed by atoms with van der Waals surface area (Å²) in [7, 11) is 0. The summed E-state index contributed by atoms with van der Waals surface area (Å²) in [6.07, 6.45) is 2.53. The van der Waals surface area contributed by atoms with E-state index in [2.05, 4.69) is 6.58 Å². The van der Waals surface area contributed by atoms with E-state index in [0.717, 1.165) is 17.1 Å². The number of para-hydroxylation sites is 2. The number of hydrogen-bond donors (Lipinski definition) is 0. The van der Waals surface area contributed by atoms with Gasteiger partial charge in [-0.15, -0.1) is 6.58 Å². The van der Waals surface area contributed by atoms with E-state index in [1.807, 2.05) is 60.7 Å². The van der Waals surface area contributed by atoms with Gasteiger partial charge in [0.05, 0.1) is 13.2 Å². The Morgan fingerprint density at radius 2 is 1.77 bits per heavy atom. The van der Waals surface area contributed by atoms with E-state index in [9.17, 15) is 0 Å². The summed E-state index contributed by atoms with van der Waals surface area (Å²) in [6, 6.07) is 17.8. The Morgan fingerprint density at radius 3 is 2.55 bits per heavy atom. The van der Waals surface area contributed by atoms with Crippen molar-refractivity contribution in [3.8, 4) is 11.5 Å². The molecule has 0 saturated heterocycles. The van der Waals surface area contributed by atoms with Gasteiger partial charge in [0.25, 0.3) is 0 Å². The monoisotopic (exact) mass is 296 g/mol. The molecule has 0 radical (unpaired) electrons. The summed E-state index contributed by atoms with van der Waals surface area (Å²) in [5.41, 5.74) is 0.638. The molecule has 0 spiro atoms. The lowest BCUT2D eigenvalue weighted by Crippen LogP contribution is -2.48. The Balaban J connectivity index is 1.66. The maximum atomic E-state index is 6.18. The van der Waals surface area contributed by atoms with Gasteiger partial charge in [0.1, 0.15) is 6.61 Å². The summed E-state index contributed by atoms with van der Waals surface area (Å²) in [4.78, 5) is 0. The van der Waals surface area contributed by atoms with Crippen molar-refractivity contribution in [3.05, 3.63) is 72.8 Å². The standard InChI is InChI=1S/C19H20O3/c1-2-12-19(14-20-13-16-8-4-3-5-9-16)15-21-17-10-6-7-11-18(17)22-19/h2-11H,1,12-15H2. The molecule has 0 aromatic heterocycles. The van der Waals surface area contributed by atoms with E-state index >= 15 is 0 Å². The Morgan fingerprint density at radius 1 is 1.05 bits per heavy atom.